The van der Waals surface area contributed by atoms with Gasteiger partial charge in [0.1, 0.15) is 0 Å². The van der Waals surface area contributed by atoms with Crippen molar-refractivity contribution in [2.24, 2.45) is 0 Å². The largest absolute Gasteiger partial charge is 0 e. The van der Waals surface area contributed by atoms with Crippen molar-refractivity contribution in [3.63, 3.8) is 0 Å². The molecular formula is C3H3AlCuFeO. The van der Waals surface area contributed by atoms with Crippen molar-refractivity contribution in [3.8, 4) is 0 Å². The molecule has 0 rings (SSSR count). The van der Waals surface area contributed by atoms with Gasteiger partial charge in [0.25, 0.3) is 0 Å². The Balaban J connectivity index is -0.0000000800. The van der Waals surface area contributed by atoms with Gasteiger partial charge in [-0.3, -0.25) is 0 Å². The van der Waals surface area contributed by atoms with E-state index in [-0.39, 0.29) is 34.4 Å². The van der Waals surface area contributed by atoms with Crippen LogP contribution in [0.1, 0.15) is 0 Å². The van der Waals surface area contributed by atoms with Crippen LogP contribution < -0.4 is 0 Å². The molecule has 7 heavy (non-hydrogen) atoms. The van der Waals surface area contributed by atoms with Crippen molar-refractivity contribution in [3.05, 3.63) is 12.7 Å². The van der Waals surface area contributed by atoms with Crippen LogP contribution in [0, 0.1) is 0 Å². The number of hydrogen-bond acceptors (Lipinski definition) is 1. The summed E-state index contributed by atoms with van der Waals surface area (Å²) in [6.07, 6.45) is 1.08. The summed E-state index contributed by atoms with van der Waals surface area (Å²) in [5.74, 6) is 0. The molecule has 0 unspecified atom stereocenters. The molecule has 0 aromatic heterocycles. The van der Waals surface area contributed by atoms with Gasteiger partial charge in [-0.15, -0.1) is 0 Å². The molecule has 0 aliphatic rings. The first-order chi connectivity index (χ1) is 2.27. The van der Waals surface area contributed by atoms with Crippen LogP contribution in [-0.4, -0.2) is 22.0 Å². The molecule has 0 fully saturated rings. The summed E-state index contributed by atoms with van der Waals surface area (Å²) in [7, 11) is 0. The Hall–Kier alpha value is 0.981. The molecule has 0 bridgehead atoms. The first-order valence-corrected chi connectivity index (χ1v) is 1.52. The van der Waals surface area contributed by atoms with Crippen molar-refractivity contribution in [1.82, 2.24) is 0 Å². The van der Waals surface area contributed by atoms with Gasteiger partial charge in [0, 0.05) is 34.4 Å². The molecule has 0 N–H and O–H groups in total. The standard InChI is InChI=1S/C3H3O.Al.Cu.Fe/c1-2-3-4;;;/h2H,1H2;;;. The van der Waals surface area contributed by atoms with Gasteiger partial charge in [-0.25, -0.2) is 0 Å². The van der Waals surface area contributed by atoms with E-state index in [0.29, 0.717) is 0 Å². The average Bonchev–Trinajstić information content (AvgIpc) is 1.38. The Bertz CT molecular complexity index is 66.0. The number of rotatable bonds is 1. The molecule has 0 aromatic rings. The maximum Gasteiger partial charge on any atom is 0 e. The van der Waals surface area contributed by atoms with Crippen molar-refractivity contribution in [2.45, 2.75) is 0 Å². The summed E-state index contributed by atoms with van der Waals surface area (Å²) in [5.41, 5.74) is 0. The zero-order valence-corrected chi connectivity index (χ0v) is 6.63. The molecule has 0 aliphatic carbocycles. The molecule has 0 aromatic carbocycles. The van der Waals surface area contributed by atoms with Gasteiger partial charge in [0.15, 0.2) is 0 Å². The second-order valence-corrected chi connectivity index (χ2v) is 0.935. The van der Waals surface area contributed by atoms with Crippen LogP contribution in [0.3, 0.4) is 0 Å². The fourth-order valence-corrected chi connectivity index (χ4v) is 0. The van der Waals surface area contributed by atoms with Crippen molar-refractivity contribution >= 4 is 22.0 Å². The van der Waals surface area contributed by atoms with Gasteiger partial charge in [0.05, 0.1) is 0 Å². The van der Waals surface area contributed by atoms with E-state index < -0.39 is 4.68 Å². The maximum atomic E-state index is 9.50. The van der Waals surface area contributed by atoms with Crippen LogP contribution in [-0.2, 0) is 37.9 Å². The summed E-state index contributed by atoms with van der Waals surface area (Å²) < 4.78 is -0.419. The zero-order chi connectivity index (χ0) is 4.28. The van der Waals surface area contributed by atoms with E-state index in [2.05, 4.69) is 22.6 Å². The van der Waals surface area contributed by atoms with Crippen molar-refractivity contribution in [2.75, 3.05) is 0 Å². The molecule has 1 nitrogen and oxygen atoms in total. The van der Waals surface area contributed by atoms with E-state index >= 15 is 0 Å². The van der Waals surface area contributed by atoms with Gasteiger partial charge in [0.2, 0.25) is 0 Å². The third-order valence-electron chi connectivity index (χ3n) is 0.145. The van der Waals surface area contributed by atoms with E-state index in [1.165, 1.54) is 0 Å². The Morgan fingerprint density at radius 3 is 1.86 bits per heavy atom. The summed E-state index contributed by atoms with van der Waals surface area (Å²) >= 11 is 4.15. The normalized spacial score (nSPS) is 4.86. The summed E-state index contributed by atoms with van der Waals surface area (Å²) in [6.45, 7) is 3.10. The fourth-order valence-electron chi connectivity index (χ4n) is 0. The molecule has 43 valence electrons. The Kier molecular flexibility index (Phi) is 22.5. The summed E-state index contributed by atoms with van der Waals surface area (Å²) in [6, 6.07) is 0. The number of carbonyl (C=O) groups is 1. The third kappa shape index (κ3) is 19.5. The molecule has 0 saturated heterocycles. The zero-order valence-electron chi connectivity index (χ0n) is 3.43. The van der Waals surface area contributed by atoms with Crippen molar-refractivity contribution in [1.29, 1.82) is 0 Å². The van der Waals surface area contributed by atoms with Crippen LogP contribution in [0.15, 0.2) is 12.7 Å². The fraction of sp³-hybridized carbons (Fsp3) is 0. The Labute approximate surface area is 72.3 Å². The van der Waals surface area contributed by atoms with Crippen LogP contribution in [0.4, 0.5) is 0 Å². The first-order valence-electron chi connectivity index (χ1n) is 1.05. The predicted molar refractivity (Wildman–Crippen MR) is 21.0 cm³/mol. The number of carbonyl (C=O) groups excluding carboxylic acids is 1. The Morgan fingerprint density at radius 1 is 1.71 bits per heavy atom. The molecule has 0 saturated carbocycles. The van der Waals surface area contributed by atoms with E-state index in [0.717, 1.165) is 6.08 Å². The van der Waals surface area contributed by atoms with Crippen LogP contribution in [0.25, 0.3) is 0 Å². The number of allylic oxidation sites excluding steroid dienone is 1. The predicted octanol–water partition coefficient (Wildman–Crippen LogP) is -0.137. The SMILES string of the molecule is C=C[C](=O)[Cu].[Al].[Fe]. The summed E-state index contributed by atoms with van der Waals surface area (Å²) in [5, 5.41) is 0. The molecule has 0 heterocycles. The van der Waals surface area contributed by atoms with E-state index in [1.54, 1.807) is 0 Å². The smallest absolute Gasteiger partial charge is 0 e. The summed E-state index contributed by atoms with van der Waals surface area (Å²) in [4.78, 5) is 9.50. The minimum absolute atomic E-state index is 0. The average molecular weight is 201 g/mol. The van der Waals surface area contributed by atoms with Crippen LogP contribution in [0.2, 0.25) is 0 Å². The molecule has 0 spiro atoms. The van der Waals surface area contributed by atoms with E-state index in [9.17, 15) is 4.79 Å². The second-order valence-electron chi connectivity index (χ2n) is 0.471. The Morgan fingerprint density at radius 2 is 1.86 bits per heavy atom. The van der Waals surface area contributed by atoms with Gasteiger partial charge in [-0.1, -0.05) is 0 Å². The molecule has 4 heteroatoms. The van der Waals surface area contributed by atoms with Crippen LogP contribution >= 0.6 is 0 Å². The maximum absolute atomic E-state index is 9.50. The molecule has 0 atom stereocenters. The molecular weight excluding hydrogens is 198 g/mol. The van der Waals surface area contributed by atoms with Crippen molar-refractivity contribution < 1.29 is 37.9 Å². The van der Waals surface area contributed by atoms with E-state index in [4.69, 9.17) is 0 Å². The number of hydrogen-bond donors (Lipinski definition) is 0. The molecule has 0 aliphatic heterocycles. The van der Waals surface area contributed by atoms with Gasteiger partial charge in [-0.2, -0.15) is 0 Å². The topological polar surface area (TPSA) is 17.1 Å². The monoisotopic (exact) mass is 201 g/mol. The molecule has 0 amide bonds. The third-order valence-corrected chi connectivity index (χ3v) is 0.337. The minimum Gasteiger partial charge on any atom is 0 e. The molecule has 3 radical (unpaired) electrons. The van der Waals surface area contributed by atoms with Gasteiger partial charge < -0.3 is 0 Å². The van der Waals surface area contributed by atoms with Gasteiger partial charge in [-0.05, 0) is 0 Å². The minimum atomic E-state index is -0.419. The van der Waals surface area contributed by atoms with Crippen LogP contribution in [0.5, 0.6) is 0 Å². The van der Waals surface area contributed by atoms with Gasteiger partial charge >= 0.3 is 38.1 Å². The second kappa shape index (κ2) is 10.1. The van der Waals surface area contributed by atoms with E-state index in [1.807, 2.05) is 0 Å². The first kappa shape index (κ1) is 15.7. The quantitative estimate of drug-likeness (QED) is 0.426.